The molecule has 0 nitrogen and oxygen atoms in total. The van der Waals surface area contributed by atoms with Crippen molar-refractivity contribution in [1.29, 1.82) is 0 Å². The Morgan fingerprint density at radius 3 is 1.70 bits per heavy atom. The fraction of sp³-hybridized carbons (Fsp3) is 0.0769. The van der Waals surface area contributed by atoms with Gasteiger partial charge in [-0.3, -0.25) is 0 Å². The molecule has 0 amide bonds. The van der Waals surface area contributed by atoms with Gasteiger partial charge in [0.1, 0.15) is 0 Å². The molecule has 1 heteroatoms. The molecule has 0 saturated carbocycles. The standard InChI is InChI=1S/C26H19Cl/c1-18-12-14-22-23-15-13-21(27)17-25(23)26(24(22)16-18,19-8-4-2-5-9-19)20-10-6-3-7-11-20/h2-17H,1H3. The normalized spacial score (nSPS) is 13.9. The van der Waals surface area contributed by atoms with Crippen LogP contribution in [-0.2, 0) is 5.41 Å². The number of rotatable bonds is 2. The molecule has 1 aliphatic rings. The van der Waals surface area contributed by atoms with Gasteiger partial charge in [-0.15, -0.1) is 0 Å². The molecular weight excluding hydrogens is 348 g/mol. The minimum atomic E-state index is -0.357. The summed E-state index contributed by atoms with van der Waals surface area (Å²) in [4.78, 5) is 0. The molecule has 0 heterocycles. The average molecular weight is 367 g/mol. The van der Waals surface area contributed by atoms with Crippen molar-refractivity contribution in [2.75, 3.05) is 0 Å². The van der Waals surface area contributed by atoms with Crippen molar-refractivity contribution in [3.63, 3.8) is 0 Å². The molecule has 0 atom stereocenters. The maximum absolute atomic E-state index is 6.50. The Bertz CT molecular complexity index is 1030. The maximum atomic E-state index is 6.50. The summed E-state index contributed by atoms with van der Waals surface area (Å²) >= 11 is 6.50. The van der Waals surface area contributed by atoms with Gasteiger partial charge < -0.3 is 0 Å². The van der Waals surface area contributed by atoms with Crippen LogP contribution in [0.5, 0.6) is 0 Å². The van der Waals surface area contributed by atoms with Gasteiger partial charge in [-0.25, -0.2) is 0 Å². The Balaban J connectivity index is 2.00. The van der Waals surface area contributed by atoms with Gasteiger partial charge >= 0.3 is 0 Å². The fourth-order valence-corrected chi connectivity index (χ4v) is 4.75. The van der Waals surface area contributed by atoms with Crippen LogP contribution in [0.1, 0.15) is 27.8 Å². The number of hydrogen-bond acceptors (Lipinski definition) is 0. The van der Waals surface area contributed by atoms with Gasteiger partial charge in [-0.05, 0) is 52.4 Å². The lowest BCUT2D eigenvalue weighted by molar-refractivity contribution is 0.767. The monoisotopic (exact) mass is 366 g/mol. The second-order valence-electron chi connectivity index (χ2n) is 7.22. The highest BCUT2D eigenvalue weighted by molar-refractivity contribution is 6.30. The zero-order chi connectivity index (χ0) is 18.4. The van der Waals surface area contributed by atoms with E-state index in [0.29, 0.717) is 0 Å². The molecule has 4 aromatic carbocycles. The molecule has 0 unspecified atom stereocenters. The predicted octanol–water partition coefficient (Wildman–Crippen LogP) is 7.01. The summed E-state index contributed by atoms with van der Waals surface area (Å²) in [7, 11) is 0. The highest BCUT2D eigenvalue weighted by atomic mass is 35.5. The second kappa shape index (κ2) is 6.11. The molecule has 0 radical (unpaired) electrons. The summed E-state index contributed by atoms with van der Waals surface area (Å²) in [5, 5.41) is 0.773. The Morgan fingerprint density at radius 1 is 0.593 bits per heavy atom. The quantitative estimate of drug-likeness (QED) is 0.315. The largest absolute Gasteiger partial charge is 0.0843 e. The molecule has 0 N–H and O–H groups in total. The van der Waals surface area contributed by atoms with Gasteiger partial charge in [0.2, 0.25) is 0 Å². The van der Waals surface area contributed by atoms with E-state index in [0.717, 1.165) is 5.02 Å². The summed E-state index contributed by atoms with van der Waals surface area (Å²) < 4.78 is 0. The highest BCUT2D eigenvalue weighted by Gasteiger charge is 2.46. The van der Waals surface area contributed by atoms with Gasteiger partial charge in [0.15, 0.2) is 0 Å². The van der Waals surface area contributed by atoms with Crippen LogP contribution in [0.25, 0.3) is 11.1 Å². The number of halogens is 1. The fourth-order valence-electron chi connectivity index (χ4n) is 4.57. The Kier molecular flexibility index (Phi) is 3.70. The molecular formula is C26H19Cl. The van der Waals surface area contributed by atoms with Crippen molar-refractivity contribution in [2.24, 2.45) is 0 Å². The topological polar surface area (TPSA) is 0 Å². The third-order valence-electron chi connectivity index (χ3n) is 5.67. The van der Waals surface area contributed by atoms with E-state index in [-0.39, 0.29) is 5.41 Å². The van der Waals surface area contributed by atoms with Crippen LogP contribution in [-0.4, -0.2) is 0 Å². The lowest BCUT2D eigenvalue weighted by Gasteiger charge is -2.34. The van der Waals surface area contributed by atoms with Crippen molar-refractivity contribution in [3.05, 3.63) is 130 Å². The first-order chi connectivity index (χ1) is 13.2. The zero-order valence-corrected chi connectivity index (χ0v) is 15.9. The predicted molar refractivity (Wildman–Crippen MR) is 113 cm³/mol. The van der Waals surface area contributed by atoms with Crippen molar-refractivity contribution >= 4 is 11.6 Å². The number of hydrogen-bond donors (Lipinski definition) is 0. The summed E-state index contributed by atoms with van der Waals surface area (Å²) in [6.45, 7) is 2.16. The van der Waals surface area contributed by atoms with Crippen LogP contribution in [0.2, 0.25) is 5.02 Å². The third kappa shape index (κ3) is 2.30. The molecule has 0 aliphatic heterocycles. The summed E-state index contributed by atoms with van der Waals surface area (Å²) in [5.41, 5.74) is 8.59. The molecule has 0 aromatic heterocycles. The SMILES string of the molecule is Cc1ccc2c(c1)C(c1ccccc1)(c1ccccc1)c1cc(Cl)ccc1-2. The van der Waals surface area contributed by atoms with E-state index in [9.17, 15) is 0 Å². The third-order valence-corrected chi connectivity index (χ3v) is 5.90. The minimum absolute atomic E-state index is 0.357. The van der Waals surface area contributed by atoms with Gasteiger partial charge in [0.25, 0.3) is 0 Å². The first-order valence-electron chi connectivity index (χ1n) is 9.24. The van der Waals surface area contributed by atoms with Crippen LogP contribution in [0, 0.1) is 6.92 Å². The van der Waals surface area contributed by atoms with Crippen molar-refractivity contribution in [1.82, 2.24) is 0 Å². The van der Waals surface area contributed by atoms with Crippen molar-refractivity contribution in [3.8, 4) is 11.1 Å². The van der Waals surface area contributed by atoms with Crippen molar-refractivity contribution < 1.29 is 0 Å². The highest BCUT2D eigenvalue weighted by Crippen LogP contribution is 2.56. The zero-order valence-electron chi connectivity index (χ0n) is 15.1. The van der Waals surface area contributed by atoms with Crippen LogP contribution >= 0.6 is 11.6 Å². The van der Waals surface area contributed by atoms with Gasteiger partial charge in [-0.1, -0.05) is 102 Å². The Hall–Kier alpha value is -2.83. The van der Waals surface area contributed by atoms with E-state index in [1.54, 1.807) is 0 Å². The molecule has 0 fully saturated rings. The molecule has 0 spiro atoms. The Morgan fingerprint density at radius 2 is 1.11 bits per heavy atom. The lowest BCUT2D eigenvalue weighted by atomic mass is 9.67. The van der Waals surface area contributed by atoms with E-state index in [1.165, 1.54) is 38.9 Å². The molecule has 130 valence electrons. The van der Waals surface area contributed by atoms with Crippen molar-refractivity contribution in [2.45, 2.75) is 12.3 Å². The van der Waals surface area contributed by atoms with Gasteiger partial charge in [0, 0.05) is 5.02 Å². The summed E-state index contributed by atoms with van der Waals surface area (Å²) in [6.07, 6.45) is 0. The van der Waals surface area contributed by atoms with E-state index in [2.05, 4.69) is 97.9 Å². The molecule has 27 heavy (non-hydrogen) atoms. The number of aryl methyl sites for hydroxylation is 1. The summed E-state index contributed by atoms with van der Waals surface area (Å²) in [6, 6.07) is 34.7. The second-order valence-corrected chi connectivity index (χ2v) is 7.66. The lowest BCUT2D eigenvalue weighted by Crippen LogP contribution is -2.28. The van der Waals surface area contributed by atoms with Crippen LogP contribution in [0.15, 0.2) is 97.1 Å². The van der Waals surface area contributed by atoms with Crippen LogP contribution < -0.4 is 0 Å². The maximum Gasteiger partial charge on any atom is 0.0714 e. The Labute approximate surface area is 165 Å². The number of fused-ring (bicyclic) bond motifs is 3. The average Bonchev–Trinajstić information content (AvgIpc) is 2.99. The molecule has 0 bridgehead atoms. The molecule has 0 saturated heterocycles. The summed E-state index contributed by atoms with van der Waals surface area (Å²) in [5.74, 6) is 0. The minimum Gasteiger partial charge on any atom is -0.0843 e. The van der Waals surface area contributed by atoms with Gasteiger partial charge in [-0.2, -0.15) is 0 Å². The van der Waals surface area contributed by atoms with Crippen LogP contribution in [0.3, 0.4) is 0 Å². The van der Waals surface area contributed by atoms with E-state index in [4.69, 9.17) is 11.6 Å². The van der Waals surface area contributed by atoms with Gasteiger partial charge in [0.05, 0.1) is 5.41 Å². The van der Waals surface area contributed by atoms with E-state index < -0.39 is 0 Å². The smallest absolute Gasteiger partial charge is 0.0714 e. The van der Waals surface area contributed by atoms with E-state index >= 15 is 0 Å². The van der Waals surface area contributed by atoms with E-state index in [1.807, 2.05) is 6.07 Å². The molecule has 4 aromatic rings. The van der Waals surface area contributed by atoms with Crippen LogP contribution in [0.4, 0.5) is 0 Å². The first kappa shape index (κ1) is 16.4. The molecule has 1 aliphatic carbocycles. The first-order valence-corrected chi connectivity index (χ1v) is 9.61. The molecule has 5 rings (SSSR count). The number of benzene rings is 4.